The van der Waals surface area contributed by atoms with Gasteiger partial charge in [0, 0.05) is 9.58 Å². The van der Waals surface area contributed by atoms with E-state index >= 15 is 0 Å². The molecule has 0 fully saturated rings. The number of ether oxygens (including phenoxy) is 1. The molecular formula is C12H12O3S. The monoisotopic (exact) mass is 236 g/mol. The van der Waals surface area contributed by atoms with E-state index in [-0.39, 0.29) is 6.61 Å². The van der Waals surface area contributed by atoms with Gasteiger partial charge in [-0.05, 0) is 24.4 Å². The van der Waals surface area contributed by atoms with Crippen molar-refractivity contribution in [2.75, 3.05) is 6.61 Å². The Morgan fingerprint density at radius 3 is 2.94 bits per heavy atom. The smallest absolute Gasteiger partial charge is 0.340 e. The Hall–Kier alpha value is -1.39. The summed E-state index contributed by atoms with van der Waals surface area (Å²) in [5.74, 6) is -0.589. The molecule has 0 saturated carbocycles. The van der Waals surface area contributed by atoms with Gasteiger partial charge in [0.25, 0.3) is 0 Å². The predicted octanol–water partition coefficient (Wildman–Crippen LogP) is 2.50. The molecule has 0 spiro atoms. The number of carbonyl (C=O) groups excluding carboxylic acids is 1. The van der Waals surface area contributed by atoms with E-state index < -0.39 is 12.1 Å². The van der Waals surface area contributed by atoms with Crippen molar-refractivity contribution < 1.29 is 14.6 Å². The topological polar surface area (TPSA) is 46.5 Å². The zero-order valence-electron chi connectivity index (χ0n) is 8.84. The molecule has 3 nitrogen and oxygen atoms in total. The van der Waals surface area contributed by atoms with Crippen molar-refractivity contribution in [3.8, 4) is 0 Å². The Bertz CT molecular complexity index is 471. The molecular weight excluding hydrogens is 224 g/mol. The molecule has 0 aliphatic rings. The van der Waals surface area contributed by atoms with Crippen molar-refractivity contribution in [1.82, 2.24) is 0 Å². The molecule has 0 amide bonds. The molecule has 2 aromatic rings. The molecule has 0 radical (unpaired) electrons. The third-order valence-electron chi connectivity index (χ3n) is 2.22. The molecule has 1 unspecified atom stereocenters. The van der Waals surface area contributed by atoms with E-state index in [1.165, 1.54) is 11.3 Å². The Kier molecular flexibility index (Phi) is 3.22. The minimum atomic E-state index is -1.17. The fourth-order valence-corrected chi connectivity index (χ4v) is 2.51. The maximum Gasteiger partial charge on any atom is 0.340 e. The molecule has 84 valence electrons. The Labute approximate surface area is 97.3 Å². The normalized spacial score (nSPS) is 12.6. The van der Waals surface area contributed by atoms with Crippen LogP contribution >= 0.6 is 11.3 Å². The SMILES string of the molecule is CCOC(=O)C(O)c1cc2ccccc2s1. The summed E-state index contributed by atoms with van der Waals surface area (Å²) in [6, 6.07) is 9.59. The number of hydrogen-bond acceptors (Lipinski definition) is 4. The molecule has 1 aromatic carbocycles. The second-order valence-corrected chi connectivity index (χ2v) is 4.46. The highest BCUT2D eigenvalue weighted by Gasteiger charge is 2.20. The Balaban J connectivity index is 2.29. The van der Waals surface area contributed by atoms with Crippen LogP contribution in [0.2, 0.25) is 0 Å². The first-order valence-electron chi connectivity index (χ1n) is 5.05. The first-order valence-corrected chi connectivity index (χ1v) is 5.87. The zero-order valence-corrected chi connectivity index (χ0v) is 9.66. The summed E-state index contributed by atoms with van der Waals surface area (Å²) in [5, 5.41) is 10.8. The van der Waals surface area contributed by atoms with Gasteiger partial charge >= 0.3 is 5.97 Å². The molecule has 16 heavy (non-hydrogen) atoms. The second kappa shape index (κ2) is 4.63. The lowest BCUT2D eigenvalue weighted by molar-refractivity contribution is -0.153. The van der Waals surface area contributed by atoms with Crippen LogP contribution in [0.1, 0.15) is 17.9 Å². The maximum absolute atomic E-state index is 11.4. The quantitative estimate of drug-likeness (QED) is 0.833. The van der Waals surface area contributed by atoms with E-state index in [1.807, 2.05) is 30.3 Å². The first kappa shape index (κ1) is 11.1. The van der Waals surface area contributed by atoms with Crippen LogP contribution in [-0.2, 0) is 9.53 Å². The van der Waals surface area contributed by atoms with Gasteiger partial charge in [0.2, 0.25) is 0 Å². The highest BCUT2D eigenvalue weighted by Crippen LogP contribution is 2.30. The number of hydrogen-bond donors (Lipinski definition) is 1. The lowest BCUT2D eigenvalue weighted by atomic mass is 10.2. The molecule has 4 heteroatoms. The number of thiophene rings is 1. The minimum Gasteiger partial charge on any atom is -0.464 e. The van der Waals surface area contributed by atoms with Gasteiger partial charge in [0.15, 0.2) is 6.10 Å². The van der Waals surface area contributed by atoms with Crippen LogP contribution in [0.25, 0.3) is 10.1 Å². The minimum absolute atomic E-state index is 0.279. The number of carbonyl (C=O) groups is 1. The number of aliphatic hydroxyl groups is 1. The number of esters is 1. The van der Waals surface area contributed by atoms with Gasteiger partial charge in [-0.25, -0.2) is 4.79 Å². The van der Waals surface area contributed by atoms with E-state index in [1.54, 1.807) is 6.92 Å². The lowest BCUT2D eigenvalue weighted by Crippen LogP contribution is -2.14. The van der Waals surface area contributed by atoms with Crippen LogP contribution in [0.15, 0.2) is 30.3 Å². The maximum atomic E-state index is 11.4. The molecule has 0 saturated heterocycles. The standard InChI is InChI=1S/C12H12O3S/c1-2-15-12(14)11(13)10-7-8-5-3-4-6-9(8)16-10/h3-7,11,13H,2H2,1H3. The van der Waals surface area contributed by atoms with Crippen molar-refractivity contribution >= 4 is 27.4 Å². The molecule has 0 aliphatic carbocycles. The average molecular weight is 236 g/mol. The summed E-state index contributed by atoms with van der Waals surface area (Å²) < 4.78 is 5.83. The first-order chi connectivity index (χ1) is 7.72. The molecule has 0 bridgehead atoms. The van der Waals surface area contributed by atoms with Gasteiger partial charge in [-0.2, -0.15) is 0 Å². The molecule has 1 atom stereocenters. The number of benzene rings is 1. The molecule has 1 heterocycles. The zero-order chi connectivity index (χ0) is 11.5. The second-order valence-electron chi connectivity index (χ2n) is 3.34. The summed E-state index contributed by atoms with van der Waals surface area (Å²) in [4.78, 5) is 12.0. The molecule has 0 aliphatic heterocycles. The van der Waals surface area contributed by atoms with E-state index in [0.29, 0.717) is 4.88 Å². The largest absolute Gasteiger partial charge is 0.464 e. The molecule has 1 aromatic heterocycles. The van der Waals surface area contributed by atoms with Crippen LogP contribution in [0.3, 0.4) is 0 Å². The van der Waals surface area contributed by atoms with Crippen LogP contribution in [-0.4, -0.2) is 17.7 Å². The van der Waals surface area contributed by atoms with Gasteiger partial charge in [-0.15, -0.1) is 11.3 Å². The molecule has 2 rings (SSSR count). The molecule has 1 N–H and O–H groups in total. The van der Waals surface area contributed by atoms with Gasteiger partial charge in [-0.1, -0.05) is 18.2 Å². The van der Waals surface area contributed by atoms with E-state index in [4.69, 9.17) is 4.74 Å². The van der Waals surface area contributed by atoms with Crippen molar-refractivity contribution in [1.29, 1.82) is 0 Å². The number of aliphatic hydroxyl groups excluding tert-OH is 1. The van der Waals surface area contributed by atoms with Crippen LogP contribution in [0.4, 0.5) is 0 Å². The van der Waals surface area contributed by atoms with Gasteiger partial charge < -0.3 is 9.84 Å². The number of rotatable bonds is 3. The fourth-order valence-electron chi connectivity index (χ4n) is 1.47. The third-order valence-corrected chi connectivity index (χ3v) is 3.39. The van der Waals surface area contributed by atoms with Gasteiger partial charge in [-0.3, -0.25) is 0 Å². The Morgan fingerprint density at radius 2 is 2.25 bits per heavy atom. The number of fused-ring (bicyclic) bond motifs is 1. The summed E-state index contributed by atoms with van der Waals surface area (Å²) in [5.41, 5.74) is 0. The summed E-state index contributed by atoms with van der Waals surface area (Å²) in [7, 11) is 0. The van der Waals surface area contributed by atoms with E-state index in [2.05, 4.69) is 0 Å². The van der Waals surface area contributed by atoms with E-state index in [0.717, 1.165) is 10.1 Å². The van der Waals surface area contributed by atoms with Crippen LogP contribution in [0, 0.1) is 0 Å². The van der Waals surface area contributed by atoms with Crippen molar-refractivity contribution in [3.05, 3.63) is 35.2 Å². The lowest BCUT2D eigenvalue weighted by Gasteiger charge is -2.06. The Morgan fingerprint density at radius 1 is 1.50 bits per heavy atom. The van der Waals surface area contributed by atoms with Crippen molar-refractivity contribution in [2.24, 2.45) is 0 Å². The predicted molar refractivity (Wildman–Crippen MR) is 63.4 cm³/mol. The van der Waals surface area contributed by atoms with Crippen LogP contribution < -0.4 is 0 Å². The van der Waals surface area contributed by atoms with Crippen molar-refractivity contribution in [3.63, 3.8) is 0 Å². The van der Waals surface area contributed by atoms with Crippen LogP contribution in [0.5, 0.6) is 0 Å². The average Bonchev–Trinajstić information content (AvgIpc) is 2.71. The summed E-state index contributed by atoms with van der Waals surface area (Å²) in [6.07, 6.45) is -1.17. The van der Waals surface area contributed by atoms with Gasteiger partial charge in [0.1, 0.15) is 0 Å². The highest BCUT2D eigenvalue weighted by atomic mass is 32.1. The van der Waals surface area contributed by atoms with Gasteiger partial charge in [0.05, 0.1) is 6.61 Å². The highest BCUT2D eigenvalue weighted by molar-refractivity contribution is 7.19. The fraction of sp³-hybridized carbons (Fsp3) is 0.250. The van der Waals surface area contributed by atoms with E-state index in [9.17, 15) is 9.90 Å². The van der Waals surface area contributed by atoms with Crippen molar-refractivity contribution in [2.45, 2.75) is 13.0 Å². The third kappa shape index (κ3) is 2.08. The summed E-state index contributed by atoms with van der Waals surface area (Å²) in [6.45, 7) is 2.00. The summed E-state index contributed by atoms with van der Waals surface area (Å²) >= 11 is 1.41.